The van der Waals surface area contributed by atoms with Crippen molar-refractivity contribution in [3.8, 4) is 0 Å². The van der Waals surface area contributed by atoms with Gasteiger partial charge in [-0.1, -0.05) is 31.5 Å². The van der Waals surface area contributed by atoms with E-state index in [1.54, 1.807) is 38.1 Å². The average Bonchev–Trinajstić information content (AvgIpc) is 3.07. The highest BCUT2D eigenvalue weighted by molar-refractivity contribution is 7.89. The van der Waals surface area contributed by atoms with E-state index in [2.05, 4.69) is 5.32 Å². The average molecular weight is 429 g/mol. The van der Waals surface area contributed by atoms with E-state index >= 15 is 0 Å². The molecule has 1 N–H and O–H groups in total. The summed E-state index contributed by atoms with van der Waals surface area (Å²) in [5.74, 6) is -0.511. The van der Waals surface area contributed by atoms with E-state index in [0.29, 0.717) is 28.0 Å². The first kappa shape index (κ1) is 21.6. The summed E-state index contributed by atoms with van der Waals surface area (Å²) in [7, 11) is -3.60. The number of amides is 1. The second-order valence-corrected chi connectivity index (χ2v) is 9.35. The summed E-state index contributed by atoms with van der Waals surface area (Å²) in [6, 6.07) is 9.38. The van der Waals surface area contributed by atoms with E-state index in [9.17, 15) is 18.0 Å². The first-order valence-electron chi connectivity index (χ1n) is 8.46. The summed E-state index contributed by atoms with van der Waals surface area (Å²) in [6.45, 7) is 4.27. The van der Waals surface area contributed by atoms with Crippen molar-refractivity contribution < 1.29 is 18.0 Å². The zero-order valence-electron chi connectivity index (χ0n) is 15.1. The van der Waals surface area contributed by atoms with Crippen molar-refractivity contribution in [1.82, 2.24) is 4.31 Å². The van der Waals surface area contributed by atoms with Crippen LogP contribution in [0.4, 0.5) is 5.69 Å². The van der Waals surface area contributed by atoms with Crippen LogP contribution in [0.1, 0.15) is 36.4 Å². The van der Waals surface area contributed by atoms with Gasteiger partial charge in [-0.15, -0.1) is 11.3 Å². The van der Waals surface area contributed by atoms with Crippen molar-refractivity contribution in [3.05, 3.63) is 45.6 Å². The highest BCUT2D eigenvalue weighted by Crippen LogP contribution is 2.23. The molecule has 0 aliphatic carbocycles. The number of hydrogen-bond donors (Lipinski definition) is 1. The highest BCUT2D eigenvalue weighted by atomic mass is 35.5. The van der Waals surface area contributed by atoms with Crippen LogP contribution in [0.25, 0.3) is 0 Å². The maximum Gasteiger partial charge on any atom is 0.243 e. The molecule has 0 saturated carbocycles. The third-order valence-electron chi connectivity index (χ3n) is 3.89. The molecule has 0 spiro atoms. The van der Waals surface area contributed by atoms with E-state index < -0.39 is 10.0 Å². The molecule has 9 heteroatoms. The van der Waals surface area contributed by atoms with Crippen molar-refractivity contribution in [2.45, 2.75) is 31.6 Å². The summed E-state index contributed by atoms with van der Waals surface area (Å²) in [4.78, 5) is 24.8. The minimum Gasteiger partial charge on any atom is -0.326 e. The second kappa shape index (κ2) is 9.45. The third-order valence-corrected chi connectivity index (χ3v) is 7.21. The van der Waals surface area contributed by atoms with E-state index in [-0.39, 0.29) is 29.4 Å². The maximum absolute atomic E-state index is 12.6. The van der Waals surface area contributed by atoms with Gasteiger partial charge in [0.1, 0.15) is 0 Å². The number of hydrogen-bond acceptors (Lipinski definition) is 5. The van der Waals surface area contributed by atoms with Gasteiger partial charge in [0.25, 0.3) is 0 Å². The normalized spacial score (nSPS) is 11.6. The fraction of sp³-hybridized carbons (Fsp3) is 0.333. The van der Waals surface area contributed by atoms with E-state index in [1.165, 1.54) is 27.8 Å². The van der Waals surface area contributed by atoms with Crippen LogP contribution >= 0.6 is 22.9 Å². The van der Waals surface area contributed by atoms with Gasteiger partial charge < -0.3 is 5.32 Å². The number of benzene rings is 1. The Morgan fingerprint density at radius 3 is 2.41 bits per heavy atom. The first-order chi connectivity index (χ1) is 12.8. The number of Topliss-reactive ketones (excluding diaryl/α,β-unsaturated/α-hetero) is 1. The standard InChI is InChI=1S/C18H21ClN2O4S2/c1-3-21(4-2)27(24,25)14-7-5-6-13(12-14)20-18(23)11-8-15(22)16-9-10-17(19)26-16/h5-7,9-10,12H,3-4,8,11H2,1-2H3,(H,20,23). The molecule has 0 fully saturated rings. The van der Waals surface area contributed by atoms with Gasteiger partial charge >= 0.3 is 0 Å². The Hall–Kier alpha value is -1.74. The van der Waals surface area contributed by atoms with Gasteiger partial charge in [0.15, 0.2) is 5.78 Å². The summed E-state index contributed by atoms with van der Waals surface area (Å²) >= 11 is 6.98. The third kappa shape index (κ3) is 5.62. The number of halogens is 1. The summed E-state index contributed by atoms with van der Waals surface area (Å²) in [5, 5.41) is 2.64. The molecule has 2 rings (SSSR count). The lowest BCUT2D eigenvalue weighted by molar-refractivity contribution is -0.116. The minimum absolute atomic E-state index is 0.00136. The van der Waals surface area contributed by atoms with Crippen molar-refractivity contribution in [2.24, 2.45) is 0 Å². The predicted octanol–water partition coefficient (Wildman–Crippen LogP) is 4.03. The minimum atomic E-state index is -3.60. The van der Waals surface area contributed by atoms with Crippen molar-refractivity contribution in [1.29, 1.82) is 0 Å². The zero-order valence-corrected chi connectivity index (χ0v) is 17.5. The lowest BCUT2D eigenvalue weighted by Gasteiger charge is -2.18. The Morgan fingerprint density at radius 1 is 1.11 bits per heavy atom. The van der Waals surface area contributed by atoms with Crippen LogP contribution in [0.3, 0.4) is 0 Å². The van der Waals surface area contributed by atoms with E-state index in [1.807, 2.05) is 0 Å². The molecule has 0 radical (unpaired) electrons. The number of sulfonamides is 1. The molecule has 6 nitrogen and oxygen atoms in total. The molecule has 2 aromatic rings. The van der Waals surface area contributed by atoms with Gasteiger partial charge in [-0.2, -0.15) is 4.31 Å². The molecule has 0 unspecified atom stereocenters. The molecule has 0 bridgehead atoms. The number of anilines is 1. The topological polar surface area (TPSA) is 83.6 Å². The van der Waals surface area contributed by atoms with Gasteiger partial charge in [-0.05, 0) is 30.3 Å². The van der Waals surface area contributed by atoms with Crippen LogP contribution in [0.5, 0.6) is 0 Å². The Labute approximate surface area is 168 Å². The van der Waals surface area contributed by atoms with Crippen LogP contribution in [-0.4, -0.2) is 37.5 Å². The number of carbonyl (C=O) groups is 2. The van der Waals surface area contributed by atoms with Gasteiger partial charge in [-0.25, -0.2) is 8.42 Å². The SMILES string of the molecule is CCN(CC)S(=O)(=O)c1cccc(NC(=O)CCC(=O)c2ccc(Cl)s2)c1. The first-order valence-corrected chi connectivity index (χ1v) is 11.1. The quantitative estimate of drug-likeness (QED) is 0.611. The molecule has 0 aliphatic heterocycles. The number of nitrogens with zero attached hydrogens (tertiary/aromatic N) is 1. The lowest BCUT2D eigenvalue weighted by Crippen LogP contribution is -2.30. The Morgan fingerprint density at radius 2 is 1.81 bits per heavy atom. The van der Waals surface area contributed by atoms with E-state index in [4.69, 9.17) is 11.6 Å². The predicted molar refractivity (Wildman–Crippen MR) is 108 cm³/mol. The van der Waals surface area contributed by atoms with Crippen LogP contribution in [0.2, 0.25) is 4.34 Å². The van der Waals surface area contributed by atoms with Gasteiger partial charge in [0.05, 0.1) is 14.1 Å². The molecule has 1 amide bonds. The zero-order chi connectivity index (χ0) is 20.0. The monoisotopic (exact) mass is 428 g/mol. The number of ketones is 1. The van der Waals surface area contributed by atoms with Gasteiger partial charge in [-0.3, -0.25) is 9.59 Å². The molecular formula is C18H21ClN2O4S2. The van der Waals surface area contributed by atoms with Crippen molar-refractivity contribution >= 4 is 50.3 Å². The van der Waals surface area contributed by atoms with Crippen LogP contribution < -0.4 is 5.32 Å². The molecule has 0 aliphatic rings. The van der Waals surface area contributed by atoms with Crippen LogP contribution in [0.15, 0.2) is 41.3 Å². The Bertz CT molecular complexity index is 921. The lowest BCUT2D eigenvalue weighted by atomic mass is 10.2. The summed E-state index contributed by atoms with van der Waals surface area (Å²) in [5.41, 5.74) is 0.375. The fourth-order valence-corrected chi connectivity index (χ4v) is 5.00. The molecule has 146 valence electrons. The summed E-state index contributed by atoms with van der Waals surface area (Å²) in [6.07, 6.45) is 0.0570. The van der Waals surface area contributed by atoms with Gasteiger partial charge in [0.2, 0.25) is 15.9 Å². The molecule has 0 saturated heterocycles. The number of nitrogens with one attached hydrogen (secondary N) is 1. The Balaban J connectivity index is 2.01. The number of thiophene rings is 1. The Kier molecular flexibility index (Phi) is 7.55. The van der Waals surface area contributed by atoms with E-state index in [0.717, 1.165) is 0 Å². The largest absolute Gasteiger partial charge is 0.326 e. The maximum atomic E-state index is 12.6. The smallest absolute Gasteiger partial charge is 0.243 e. The molecular weight excluding hydrogens is 408 g/mol. The molecule has 1 heterocycles. The molecule has 1 aromatic carbocycles. The molecule has 0 atom stereocenters. The number of carbonyl (C=O) groups excluding carboxylic acids is 2. The van der Waals surface area contributed by atoms with Crippen LogP contribution in [0, 0.1) is 0 Å². The fourth-order valence-electron chi connectivity index (χ4n) is 2.48. The molecule has 27 heavy (non-hydrogen) atoms. The van der Waals surface area contributed by atoms with Crippen LogP contribution in [-0.2, 0) is 14.8 Å². The number of rotatable bonds is 9. The summed E-state index contributed by atoms with van der Waals surface area (Å²) < 4.78 is 27.0. The second-order valence-electron chi connectivity index (χ2n) is 5.69. The van der Waals surface area contributed by atoms with Crippen molar-refractivity contribution in [2.75, 3.05) is 18.4 Å². The molecule has 1 aromatic heterocycles. The van der Waals surface area contributed by atoms with Crippen molar-refractivity contribution in [3.63, 3.8) is 0 Å². The van der Waals surface area contributed by atoms with Gasteiger partial charge in [0, 0.05) is 31.6 Å². The highest BCUT2D eigenvalue weighted by Gasteiger charge is 2.22.